The quantitative estimate of drug-likeness (QED) is 0.604. The maximum Gasteiger partial charge on any atom is 0.263 e. The van der Waals surface area contributed by atoms with Crippen molar-refractivity contribution in [3.63, 3.8) is 0 Å². The molecule has 2 aromatic heterocycles. The number of likely N-dealkylation sites (N-methyl/N-ethyl adjacent to an activating group) is 1. The topological polar surface area (TPSA) is 68.5 Å². The fourth-order valence-corrected chi connectivity index (χ4v) is 3.40. The minimum absolute atomic E-state index is 0.184. The first-order valence-corrected chi connectivity index (χ1v) is 9.65. The first kappa shape index (κ1) is 19.4. The standard InChI is InChI=1S/C19H20ClN3O3S/c1-11-8-14(9-12(2)17(11)20)25-13(3)19(24)23(4)10-16-21-18(22-26-16)15-6-5-7-27-15/h5-9,13H,10H2,1-4H3/t13-/m0/s1. The van der Waals surface area contributed by atoms with Gasteiger partial charge in [-0.05, 0) is 55.5 Å². The summed E-state index contributed by atoms with van der Waals surface area (Å²) in [5.74, 6) is 1.33. The molecule has 6 nitrogen and oxygen atoms in total. The summed E-state index contributed by atoms with van der Waals surface area (Å²) in [7, 11) is 1.68. The number of nitrogens with zero attached hydrogens (tertiary/aromatic N) is 3. The summed E-state index contributed by atoms with van der Waals surface area (Å²) in [4.78, 5) is 19.4. The van der Waals surface area contributed by atoms with Gasteiger partial charge in [0.05, 0.1) is 11.4 Å². The summed E-state index contributed by atoms with van der Waals surface area (Å²) in [5, 5.41) is 6.60. The van der Waals surface area contributed by atoms with Crippen molar-refractivity contribution in [2.24, 2.45) is 0 Å². The average Bonchev–Trinajstić information content (AvgIpc) is 3.30. The van der Waals surface area contributed by atoms with Crippen molar-refractivity contribution in [3.05, 3.63) is 51.7 Å². The van der Waals surface area contributed by atoms with Crippen molar-refractivity contribution in [2.45, 2.75) is 33.4 Å². The SMILES string of the molecule is Cc1cc(O[C@@H](C)C(=O)N(C)Cc2nc(-c3cccs3)no2)cc(C)c1Cl. The number of carbonyl (C=O) groups is 1. The molecule has 1 atom stereocenters. The normalized spacial score (nSPS) is 12.0. The third kappa shape index (κ3) is 4.48. The first-order chi connectivity index (χ1) is 12.8. The largest absolute Gasteiger partial charge is 0.481 e. The molecule has 0 radical (unpaired) electrons. The highest BCUT2D eigenvalue weighted by molar-refractivity contribution is 7.13. The van der Waals surface area contributed by atoms with Gasteiger partial charge in [-0.15, -0.1) is 11.3 Å². The first-order valence-electron chi connectivity index (χ1n) is 8.40. The van der Waals surface area contributed by atoms with E-state index in [1.165, 1.54) is 16.2 Å². The van der Waals surface area contributed by atoms with Crippen LogP contribution in [0.2, 0.25) is 5.02 Å². The van der Waals surface area contributed by atoms with Crippen molar-refractivity contribution in [1.29, 1.82) is 0 Å². The molecule has 1 amide bonds. The Morgan fingerprint density at radius 3 is 2.70 bits per heavy atom. The number of aromatic nitrogens is 2. The van der Waals surface area contributed by atoms with E-state index in [0.717, 1.165) is 16.0 Å². The van der Waals surface area contributed by atoms with Crippen molar-refractivity contribution in [1.82, 2.24) is 15.0 Å². The zero-order chi connectivity index (χ0) is 19.6. The van der Waals surface area contributed by atoms with Crippen LogP contribution in [-0.2, 0) is 11.3 Å². The minimum Gasteiger partial charge on any atom is -0.481 e. The lowest BCUT2D eigenvalue weighted by Gasteiger charge is -2.21. The van der Waals surface area contributed by atoms with Crippen LogP contribution in [0.15, 0.2) is 34.2 Å². The number of carbonyl (C=O) groups excluding carboxylic acids is 1. The molecular weight excluding hydrogens is 386 g/mol. The second kappa shape index (κ2) is 8.10. The number of ether oxygens (including phenoxy) is 1. The third-order valence-corrected chi connectivity index (χ3v) is 5.49. The van der Waals surface area contributed by atoms with Gasteiger partial charge in [0, 0.05) is 12.1 Å². The summed E-state index contributed by atoms with van der Waals surface area (Å²) < 4.78 is 11.0. The molecule has 0 aliphatic rings. The molecule has 0 saturated heterocycles. The number of halogens is 1. The molecule has 0 saturated carbocycles. The summed E-state index contributed by atoms with van der Waals surface area (Å²) in [6.45, 7) is 5.73. The summed E-state index contributed by atoms with van der Waals surface area (Å²) >= 11 is 7.70. The maximum absolute atomic E-state index is 12.6. The Morgan fingerprint density at radius 2 is 2.07 bits per heavy atom. The molecule has 3 rings (SSSR count). The number of benzene rings is 1. The second-order valence-corrected chi connectivity index (χ2v) is 7.64. The van der Waals surface area contributed by atoms with Crippen LogP contribution in [-0.4, -0.2) is 34.1 Å². The van der Waals surface area contributed by atoms with Gasteiger partial charge in [-0.25, -0.2) is 0 Å². The Labute approximate surface area is 166 Å². The molecule has 8 heteroatoms. The molecule has 0 aliphatic heterocycles. The smallest absolute Gasteiger partial charge is 0.263 e. The number of hydrogen-bond donors (Lipinski definition) is 0. The monoisotopic (exact) mass is 405 g/mol. The molecule has 3 aromatic rings. The third-order valence-electron chi connectivity index (χ3n) is 4.03. The van der Waals surface area contributed by atoms with Crippen LogP contribution in [0.3, 0.4) is 0 Å². The van der Waals surface area contributed by atoms with Crippen molar-refractivity contribution in [3.8, 4) is 16.5 Å². The van der Waals surface area contributed by atoms with Gasteiger partial charge in [0.25, 0.3) is 5.91 Å². The minimum atomic E-state index is -0.658. The highest BCUT2D eigenvalue weighted by Gasteiger charge is 2.22. The van der Waals surface area contributed by atoms with Gasteiger partial charge in [-0.1, -0.05) is 22.8 Å². The number of hydrogen-bond acceptors (Lipinski definition) is 6. The van der Waals surface area contributed by atoms with E-state index in [2.05, 4.69) is 10.1 Å². The molecule has 0 N–H and O–H groups in total. The number of aryl methyl sites for hydroxylation is 2. The predicted molar refractivity (Wildman–Crippen MR) is 105 cm³/mol. The molecule has 1 aromatic carbocycles. The fraction of sp³-hybridized carbons (Fsp3) is 0.316. The molecule has 2 heterocycles. The average molecular weight is 406 g/mol. The molecule has 0 aliphatic carbocycles. The summed E-state index contributed by atoms with van der Waals surface area (Å²) in [5.41, 5.74) is 1.82. The lowest BCUT2D eigenvalue weighted by atomic mass is 10.1. The zero-order valence-electron chi connectivity index (χ0n) is 15.5. The zero-order valence-corrected chi connectivity index (χ0v) is 17.1. The van der Waals surface area contributed by atoms with Crippen LogP contribution in [0.4, 0.5) is 0 Å². The van der Waals surface area contributed by atoms with E-state index >= 15 is 0 Å². The van der Waals surface area contributed by atoms with Gasteiger partial charge in [-0.3, -0.25) is 4.79 Å². The van der Waals surface area contributed by atoms with E-state index < -0.39 is 6.10 Å². The van der Waals surface area contributed by atoms with Crippen molar-refractivity contribution < 1.29 is 14.1 Å². The van der Waals surface area contributed by atoms with Crippen molar-refractivity contribution >= 4 is 28.8 Å². The Balaban J connectivity index is 1.63. The van der Waals surface area contributed by atoms with Gasteiger partial charge in [0.15, 0.2) is 6.10 Å². The molecule has 142 valence electrons. The van der Waals surface area contributed by atoms with Gasteiger partial charge >= 0.3 is 0 Å². The van der Waals surface area contributed by atoms with Gasteiger partial charge in [0.2, 0.25) is 11.7 Å². The molecular formula is C19H20ClN3O3S. The van der Waals surface area contributed by atoms with Crippen LogP contribution >= 0.6 is 22.9 Å². The van der Waals surface area contributed by atoms with E-state index in [1.54, 1.807) is 14.0 Å². The lowest BCUT2D eigenvalue weighted by Crippen LogP contribution is -2.37. The maximum atomic E-state index is 12.6. The van der Waals surface area contributed by atoms with Crippen LogP contribution < -0.4 is 4.74 Å². The Hall–Kier alpha value is -2.38. The molecule has 0 spiro atoms. The lowest BCUT2D eigenvalue weighted by molar-refractivity contribution is -0.137. The Bertz CT molecular complexity index is 917. The van der Waals surface area contributed by atoms with Gasteiger partial charge < -0.3 is 14.2 Å². The number of rotatable bonds is 6. The van der Waals surface area contributed by atoms with E-state index in [-0.39, 0.29) is 12.5 Å². The summed E-state index contributed by atoms with van der Waals surface area (Å²) in [6, 6.07) is 7.49. The van der Waals surface area contributed by atoms with Gasteiger partial charge in [-0.2, -0.15) is 4.98 Å². The molecule has 0 fully saturated rings. The highest BCUT2D eigenvalue weighted by atomic mass is 35.5. The van der Waals surface area contributed by atoms with Crippen LogP contribution in [0, 0.1) is 13.8 Å². The van der Waals surface area contributed by atoms with E-state index in [4.69, 9.17) is 20.9 Å². The Kier molecular flexibility index (Phi) is 5.82. The molecule has 0 bridgehead atoms. The number of amides is 1. The molecule has 0 unspecified atom stereocenters. The van der Waals surface area contributed by atoms with Crippen LogP contribution in [0.25, 0.3) is 10.7 Å². The number of thiophene rings is 1. The van der Waals surface area contributed by atoms with E-state index in [1.807, 2.05) is 43.5 Å². The van der Waals surface area contributed by atoms with Crippen LogP contribution in [0.1, 0.15) is 23.9 Å². The van der Waals surface area contributed by atoms with E-state index in [9.17, 15) is 4.79 Å². The molecule has 27 heavy (non-hydrogen) atoms. The summed E-state index contributed by atoms with van der Waals surface area (Å²) in [6.07, 6.45) is -0.658. The van der Waals surface area contributed by atoms with Crippen molar-refractivity contribution in [2.75, 3.05) is 7.05 Å². The highest BCUT2D eigenvalue weighted by Crippen LogP contribution is 2.27. The fourth-order valence-electron chi connectivity index (χ4n) is 2.64. The van der Waals surface area contributed by atoms with Crippen LogP contribution in [0.5, 0.6) is 5.75 Å². The predicted octanol–water partition coefficient (Wildman–Crippen LogP) is 4.49. The van der Waals surface area contributed by atoms with Gasteiger partial charge in [0.1, 0.15) is 5.75 Å². The Morgan fingerprint density at radius 1 is 1.37 bits per heavy atom. The second-order valence-electron chi connectivity index (χ2n) is 6.31. The van der Waals surface area contributed by atoms with E-state index in [0.29, 0.717) is 22.5 Å².